The average molecular weight is 304 g/mol. The summed E-state index contributed by atoms with van der Waals surface area (Å²) >= 11 is 0. The number of esters is 1. The molecule has 2 amide bonds. The van der Waals surface area contributed by atoms with E-state index in [0.717, 1.165) is 11.1 Å². The first kappa shape index (κ1) is 16.0. The van der Waals surface area contributed by atoms with Crippen molar-refractivity contribution in [3.63, 3.8) is 0 Å². The molecule has 0 saturated carbocycles. The number of carbonyl (C=O) groups excluding carboxylic acids is 2. The van der Waals surface area contributed by atoms with Crippen molar-refractivity contribution in [3.05, 3.63) is 46.7 Å². The van der Waals surface area contributed by atoms with E-state index >= 15 is 0 Å². The summed E-state index contributed by atoms with van der Waals surface area (Å²) in [5.41, 5.74) is 2.77. The van der Waals surface area contributed by atoms with Crippen molar-refractivity contribution >= 4 is 12.0 Å². The van der Waals surface area contributed by atoms with E-state index in [1.54, 1.807) is 6.92 Å². The number of hydrogen-bond donors (Lipinski definition) is 2. The summed E-state index contributed by atoms with van der Waals surface area (Å²) in [6.07, 6.45) is 0. The van der Waals surface area contributed by atoms with Crippen LogP contribution >= 0.6 is 0 Å². The fourth-order valence-corrected chi connectivity index (χ4v) is 2.40. The van der Waals surface area contributed by atoms with Gasteiger partial charge in [0, 0.05) is 12.8 Å². The fourth-order valence-electron chi connectivity index (χ4n) is 2.40. The summed E-state index contributed by atoms with van der Waals surface area (Å²) in [6.45, 7) is 4.12. The summed E-state index contributed by atoms with van der Waals surface area (Å²) < 4.78 is 10.1. The Balaban J connectivity index is 2.33. The number of amides is 2. The standard InChI is InChI=1S/C16H20N2O4/c1-10-6-4-5-7-12(10)14-13(11(2)17-16(20)18-14)15(19)22-9-8-21-3/h4-7,14H,8-9H2,1-3H3,(H2,17,18,20)/t14-/m1/s1. The van der Waals surface area contributed by atoms with Crippen LogP contribution in [-0.2, 0) is 14.3 Å². The van der Waals surface area contributed by atoms with E-state index < -0.39 is 12.0 Å². The smallest absolute Gasteiger partial charge is 0.338 e. The topological polar surface area (TPSA) is 76.7 Å². The molecule has 0 aromatic heterocycles. The molecule has 0 radical (unpaired) electrons. The van der Waals surface area contributed by atoms with E-state index in [1.807, 2.05) is 31.2 Å². The van der Waals surface area contributed by atoms with Gasteiger partial charge in [-0.3, -0.25) is 0 Å². The zero-order valence-corrected chi connectivity index (χ0v) is 12.9. The highest BCUT2D eigenvalue weighted by Crippen LogP contribution is 2.29. The fraction of sp³-hybridized carbons (Fsp3) is 0.375. The largest absolute Gasteiger partial charge is 0.460 e. The molecule has 0 saturated heterocycles. The van der Waals surface area contributed by atoms with Gasteiger partial charge in [-0.25, -0.2) is 9.59 Å². The third kappa shape index (κ3) is 3.46. The molecule has 6 nitrogen and oxygen atoms in total. The highest BCUT2D eigenvalue weighted by atomic mass is 16.6. The third-order valence-corrected chi connectivity index (χ3v) is 3.51. The van der Waals surface area contributed by atoms with Crippen molar-refractivity contribution in [2.24, 2.45) is 0 Å². The Morgan fingerprint density at radius 3 is 2.64 bits per heavy atom. The first-order valence-electron chi connectivity index (χ1n) is 7.04. The van der Waals surface area contributed by atoms with Crippen LogP contribution < -0.4 is 10.6 Å². The van der Waals surface area contributed by atoms with Crippen molar-refractivity contribution in [1.29, 1.82) is 0 Å². The van der Waals surface area contributed by atoms with Crippen molar-refractivity contribution in [2.75, 3.05) is 20.3 Å². The van der Waals surface area contributed by atoms with Gasteiger partial charge in [0.1, 0.15) is 6.61 Å². The number of rotatable bonds is 5. The summed E-state index contributed by atoms with van der Waals surface area (Å²) in [7, 11) is 1.54. The van der Waals surface area contributed by atoms with Crippen LogP contribution in [0.15, 0.2) is 35.5 Å². The average Bonchev–Trinajstić information content (AvgIpc) is 2.47. The molecule has 0 bridgehead atoms. The predicted octanol–water partition coefficient (Wildman–Crippen LogP) is 1.81. The van der Waals surface area contributed by atoms with E-state index in [1.165, 1.54) is 7.11 Å². The SMILES string of the molecule is COCCOC(=O)C1=C(C)NC(=O)N[C@@H]1c1ccccc1C. The predicted molar refractivity (Wildman–Crippen MR) is 81.1 cm³/mol. The molecule has 1 heterocycles. The molecule has 2 rings (SSSR count). The Bertz CT molecular complexity index is 610. The number of nitrogens with one attached hydrogen (secondary N) is 2. The highest BCUT2D eigenvalue weighted by Gasteiger charge is 2.32. The zero-order valence-electron chi connectivity index (χ0n) is 12.9. The van der Waals surface area contributed by atoms with Crippen molar-refractivity contribution in [3.8, 4) is 0 Å². The van der Waals surface area contributed by atoms with E-state index in [2.05, 4.69) is 10.6 Å². The first-order chi connectivity index (χ1) is 10.5. The number of methoxy groups -OCH3 is 1. The van der Waals surface area contributed by atoms with E-state index in [4.69, 9.17) is 9.47 Å². The van der Waals surface area contributed by atoms with Gasteiger partial charge in [0.2, 0.25) is 0 Å². The van der Waals surface area contributed by atoms with Gasteiger partial charge in [-0.05, 0) is 25.0 Å². The van der Waals surface area contributed by atoms with Crippen LogP contribution in [0.2, 0.25) is 0 Å². The molecule has 0 unspecified atom stereocenters. The molecule has 22 heavy (non-hydrogen) atoms. The lowest BCUT2D eigenvalue weighted by Gasteiger charge is -2.29. The van der Waals surface area contributed by atoms with Crippen LogP contribution in [0, 0.1) is 6.92 Å². The Hall–Kier alpha value is -2.34. The number of urea groups is 1. The van der Waals surface area contributed by atoms with Gasteiger partial charge in [0.15, 0.2) is 0 Å². The third-order valence-electron chi connectivity index (χ3n) is 3.51. The molecule has 1 aliphatic heterocycles. The lowest BCUT2D eigenvalue weighted by molar-refractivity contribution is -0.140. The van der Waals surface area contributed by atoms with Crippen LogP contribution in [0.4, 0.5) is 4.79 Å². The maximum Gasteiger partial charge on any atom is 0.338 e. The molecule has 0 aliphatic carbocycles. The van der Waals surface area contributed by atoms with Gasteiger partial charge in [-0.1, -0.05) is 24.3 Å². The minimum absolute atomic E-state index is 0.167. The minimum atomic E-state index is -0.523. The quantitative estimate of drug-likeness (QED) is 0.642. The van der Waals surface area contributed by atoms with Gasteiger partial charge in [0.25, 0.3) is 0 Å². The van der Waals surface area contributed by atoms with Gasteiger partial charge in [0.05, 0.1) is 18.2 Å². The maximum atomic E-state index is 12.4. The van der Waals surface area contributed by atoms with Crippen molar-refractivity contribution < 1.29 is 19.1 Å². The van der Waals surface area contributed by atoms with Crippen molar-refractivity contribution in [1.82, 2.24) is 10.6 Å². The number of ether oxygens (including phenoxy) is 2. The Morgan fingerprint density at radius 1 is 1.23 bits per heavy atom. The summed E-state index contributed by atoms with van der Waals surface area (Å²) in [4.78, 5) is 24.1. The van der Waals surface area contributed by atoms with E-state index in [-0.39, 0.29) is 12.6 Å². The lowest BCUT2D eigenvalue weighted by Crippen LogP contribution is -2.45. The van der Waals surface area contributed by atoms with Gasteiger partial charge in [-0.15, -0.1) is 0 Å². The number of carbonyl (C=O) groups is 2. The van der Waals surface area contributed by atoms with Gasteiger partial charge >= 0.3 is 12.0 Å². The second-order valence-corrected chi connectivity index (χ2v) is 5.06. The van der Waals surface area contributed by atoms with E-state index in [9.17, 15) is 9.59 Å². The molecule has 1 aromatic carbocycles. The number of hydrogen-bond acceptors (Lipinski definition) is 4. The van der Waals surface area contributed by atoms with Crippen LogP contribution in [-0.4, -0.2) is 32.3 Å². The molecular weight excluding hydrogens is 284 g/mol. The highest BCUT2D eigenvalue weighted by molar-refractivity contribution is 5.95. The minimum Gasteiger partial charge on any atom is -0.460 e. The Morgan fingerprint density at radius 2 is 1.95 bits per heavy atom. The Kier molecular flexibility index (Phi) is 5.16. The summed E-state index contributed by atoms with van der Waals surface area (Å²) in [5.74, 6) is -0.463. The summed E-state index contributed by atoms with van der Waals surface area (Å²) in [5, 5.41) is 5.40. The van der Waals surface area contributed by atoms with Crippen LogP contribution in [0.25, 0.3) is 0 Å². The molecule has 1 aromatic rings. The number of aryl methyl sites for hydroxylation is 1. The van der Waals surface area contributed by atoms with Crippen LogP contribution in [0.3, 0.4) is 0 Å². The van der Waals surface area contributed by atoms with Gasteiger partial charge in [-0.2, -0.15) is 0 Å². The molecule has 118 valence electrons. The first-order valence-corrected chi connectivity index (χ1v) is 7.04. The van der Waals surface area contributed by atoms with Gasteiger partial charge < -0.3 is 20.1 Å². The summed E-state index contributed by atoms with van der Waals surface area (Å²) in [6, 6.07) is 6.76. The molecule has 6 heteroatoms. The monoisotopic (exact) mass is 304 g/mol. The van der Waals surface area contributed by atoms with Crippen molar-refractivity contribution in [2.45, 2.75) is 19.9 Å². The van der Waals surface area contributed by atoms with Crippen LogP contribution in [0.5, 0.6) is 0 Å². The normalized spacial score (nSPS) is 17.8. The second-order valence-electron chi connectivity index (χ2n) is 5.06. The zero-order chi connectivity index (χ0) is 16.1. The molecular formula is C16H20N2O4. The lowest BCUT2D eigenvalue weighted by atomic mass is 9.92. The molecule has 2 N–H and O–H groups in total. The second kappa shape index (κ2) is 7.09. The molecule has 1 aliphatic rings. The molecule has 0 fully saturated rings. The Labute approximate surface area is 129 Å². The van der Waals surface area contributed by atoms with Crippen LogP contribution in [0.1, 0.15) is 24.1 Å². The number of benzene rings is 1. The maximum absolute atomic E-state index is 12.4. The molecule has 0 spiro atoms. The number of allylic oxidation sites excluding steroid dienone is 1. The van der Waals surface area contributed by atoms with E-state index in [0.29, 0.717) is 17.9 Å². The molecule has 1 atom stereocenters.